The molecule has 0 spiro atoms. The first-order valence-electron chi connectivity index (χ1n) is 11.9. The van der Waals surface area contributed by atoms with Crippen molar-refractivity contribution < 1.29 is 32.3 Å². The van der Waals surface area contributed by atoms with Crippen molar-refractivity contribution in [2.45, 2.75) is 23.6 Å². The van der Waals surface area contributed by atoms with Gasteiger partial charge in [0.2, 0.25) is 11.7 Å². The van der Waals surface area contributed by atoms with Crippen molar-refractivity contribution in [3.8, 4) is 0 Å². The van der Waals surface area contributed by atoms with Gasteiger partial charge in [0.1, 0.15) is 0 Å². The van der Waals surface area contributed by atoms with E-state index in [-0.39, 0.29) is 21.6 Å². The second-order valence-electron chi connectivity index (χ2n) is 9.11. The van der Waals surface area contributed by atoms with Crippen LogP contribution in [-0.2, 0) is 30.1 Å². The molecule has 1 aliphatic heterocycles. The monoisotopic (exact) mass is 547 g/mol. The summed E-state index contributed by atoms with van der Waals surface area (Å²) in [4.78, 5) is 40.3. The highest BCUT2D eigenvalue weighted by Gasteiger charge is 2.55. The number of amides is 3. The number of methoxy groups -OCH3 is 2. The molecular formula is C28H25N3O7S. The molecule has 1 aromatic heterocycles. The lowest BCUT2D eigenvalue weighted by atomic mass is 9.94. The number of ether oxygens (including phenoxy) is 2. The number of aryl methyl sites for hydroxylation is 1. The zero-order valence-corrected chi connectivity index (χ0v) is 22.1. The highest BCUT2D eigenvalue weighted by atomic mass is 32.2. The van der Waals surface area contributed by atoms with Gasteiger partial charge in [0.15, 0.2) is 6.04 Å². The number of aromatic nitrogens is 1. The highest BCUT2D eigenvalue weighted by molar-refractivity contribution is 7.90. The minimum atomic E-state index is -3.90. The Kier molecular flexibility index (Phi) is 6.37. The molecule has 0 aliphatic carbocycles. The van der Waals surface area contributed by atoms with Crippen LogP contribution >= 0.6 is 0 Å². The smallest absolute Gasteiger partial charge is 0.268 e. The zero-order valence-electron chi connectivity index (χ0n) is 21.3. The molecule has 5 rings (SSSR count). The summed E-state index contributed by atoms with van der Waals surface area (Å²) in [5.74, 6) is -4.46. The van der Waals surface area contributed by atoms with Crippen LogP contribution in [0.1, 0.15) is 31.8 Å². The minimum Gasteiger partial charge on any atom is -0.368 e. The minimum absolute atomic E-state index is 0.122. The lowest BCUT2D eigenvalue weighted by Gasteiger charge is -2.40. The number of benzene rings is 3. The maximum Gasteiger partial charge on any atom is 0.268 e. The van der Waals surface area contributed by atoms with E-state index in [9.17, 15) is 22.8 Å². The third-order valence-electron chi connectivity index (χ3n) is 6.95. The number of hydrogen-bond donors (Lipinski definition) is 1. The second kappa shape index (κ2) is 9.45. The van der Waals surface area contributed by atoms with Gasteiger partial charge in [0, 0.05) is 31.4 Å². The van der Waals surface area contributed by atoms with Gasteiger partial charge >= 0.3 is 0 Å². The summed E-state index contributed by atoms with van der Waals surface area (Å²) in [6, 6.07) is 17.2. The van der Waals surface area contributed by atoms with E-state index in [2.05, 4.69) is 0 Å². The Bertz CT molecular complexity index is 1700. The van der Waals surface area contributed by atoms with Gasteiger partial charge in [-0.3, -0.25) is 19.3 Å². The molecule has 1 unspecified atom stereocenters. The van der Waals surface area contributed by atoms with Gasteiger partial charge in [-0.25, -0.2) is 12.4 Å². The fourth-order valence-electron chi connectivity index (χ4n) is 4.99. The number of nitrogens with two attached hydrogens (primary N) is 1. The van der Waals surface area contributed by atoms with Crippen LogP contribution in [-0.4, -0.2) is 55.3 Å². The summed E-state index contributed by atoms with van der Waals surface area (Å²) in [5, 5.41) is 0.479. The fraction of sp³-hybridized carbons (Fsp3) is 0.179. The van der Waals surface area contributed by atoms with Gasteiger partial charge in [-0.15, -0.1) is 0 Å². The van der Waals surface area contributed by atoms with Crippen molar-refractivity contribution in [3.05, 3.63) is 101 Å². The Morgan fingerprint density at radius 1 is 0.897 bits per heavy atom. The molecule has 0 saturated carbocycles. The molecule has 3 amide bonds. The van der Waals surface area contributed by atoms with Crippen LogP contribution in [0.5, 0.6) is 0 Å². The Hall–Kier alpha value is -4.32. The molecule has 0 radical (unpaired) electrons. The van der Waals surface area contributed by atoms with Crippen LogP contribution in [0.3, 0.4) is 0 Å². The van der Waals surface area contributed by atoms with Crippen molar-refractivity contribution in [1.82, 2.24) is 8.87 Å². The molecule has 3 aromatic carbocycles. The first-order chi connectivity index (χ1) is 18.6. The molecular weight excluding hydrogens is 522 g/mol. The fourth-order valence-corrected chi connectivity index (χ4v) is 6.35. The van der Waals surface area contributed by atoms with Gasteiger partial charge in [0.05, 0.1) is 21.5 Å². The number of fused-ring (bicyclic) bond motifs is 2. The van der Waals surface area contributed by atoms with Crippen molar-refractivity contribution in [1.29, 1.82) is 0 Å². The van der Waals surface area contributed by atoms with E-state index in [1.54, 1.807) is 36.4 Å². The first kappa shape index (κ1) is 26.3. The molecule has 0 bridgehead atoms. The number of rotatable bonds is 8. The Morgan fingerprint density at radius 2 is 1.49 bits per heavy atom. The largest absolute Gasteiger partial charge is 0.368 e. The summed E-state index contributed by atoms with van der Waals surface area (Å²) in [5.41, 5.74) is 7.55. The Labute approximate surface area is 224 Å². The third kappa shape index (κ3) is 3.94. The highest BCUT2D eigenvalue weighted by Crippen LogP contribution is 2.38. The number of nitrogens with zero attached hydrogens (tertiary/aromatic N) is 2. The van der Waals surface area contributed by atoms with Crippen LogP contribution in [0.25, 0.3) is 10.9 Å². The SMILES string of the molecule is COC(OC)(c1ccc2c(ccn2S(=O)(=O)c2ccc(C)cc2)c1)C(C(N)=O)N1C(=O)c2ccccc2C1=O. The second-order valence-corrected chi connectivity index (χ2v) is 10.9. The maximum absolute atomic E-state index is 13.3. The molecule has 2 heterocycles. The van der Waals surface area contributed by atoms with Gasteiger partial charge in [-0.05, 0) is 49.4 Å². The molecule has 0 fully saturated rings. The molecule has 11 heteroatoms. The molecule has 200 valence electrons. The van der Waals surface area contributed by atoms with E-state index in [4.69, 9.17) is 15.2 Å². The van der Waals surface area contributed by atoms with Crippen molar-refractivity contribution in [2.75, 3.05) is 14.2 Å². The molecule has 1 aliphatic rings. The molecule has 10 nitrogen and oxygen atoms in total. The Balaban J connectivity index is 1.62. The summed E-state index contributed by atoms with van der Waals surface area (Å²) < 4.78 is 39.2. The van der Waals surface area contributed by atoms with E-state index < -0.39 is 39.6 Å². The van der Waals surface area contributed by atoms with Crippen molar-refractivity contribution >= 4 is 38.6 Å². The van der Waals surface area contributed by atoms with E-state index in [0.717, 1.165) is 14.4 Å². The molecule has 4 aromatic rings. The lowest BCUT2D eigenvalue weighted by Crippen LogP contribution is -2.60. The van der Waals surface area contributed by atoms with Gasteiger partial charge < -0.3 is 15.2 Å². The first-order valence-corrected chi connectivity index (χ1v) is 13.3. The van der Waals surface area contributed by atoms with Crippen LogP contribution in [0.15, 0.2) is 83.9 Å². The zero-order chi connectivity index (χ0) is 28.1. The van der Waals surface area contributed by atoms with E-state index in [1.807, 2.05) is 6.92 Å². The standard InChI is InChI=1S/C28H25N3O7S/c1-17-8-11-20(12-9-17)39(35,36)30-15-14-18-16-19(10-13-23(18)30)28(37-2,38-3)24(25(29)32)31-26(33)21-6-4-5-7-22(21)27(31)34/h4-16,24H,1-3H3,(H2,29,32). The predicted octanol–water partition coefficient (Wildman–Crippen LogP) is 2.78. The van der Waals surface area contributed by atoms with Crippen LogP contribution in [0.2, 0.25) is 0 Å². The van der Waals surface area contributed by atoms with Gasteiger partial charge in [-0.2, -0.15) is 0 Å². The summed E-state index contributed by atoms with van der Waals surface area (Å²) in [6.07, 6.45) is 1.42. The average molecular weight is 548 g/mol. The van der Waals surface area contributed by atoms with E-state index in [1.165, 1.54) is 56.8 Å². The molecule has 1 atom stereocenters. The van der Waals surface area contributed by atoms with Gasteiger partial charge in [-0.1, -0.05) is 35.9 Å². The normalized spacial score (nSPS) is 14.6. The lowest BCUT2D eigenvalue weighted by molar-refractivity contribution is -0.241. The third-order valence-corrected chi connectivity index (χ3v) is 8.66. The summed E-state index contributed by atoms with van der Waals surface area (Å²) in [6.45, 7) is 1.86. The summed E-state index contributed by atoms with van der Waals surface area (Å²) in [7, 11) is -1.39. The number of carbonyl (C=O) groups is 3. The maximum atomic E-state index is 13.3. The van der Waals surface area contributed by atoms with Gasteiger partial charge in [0.25, 0.3) is 21.8 Å². The predicted molar refractivity (Wildman–Crippen MR) is 141 cm³/mol. The van der Waals surface area contributed by atoms with Crippen LogP contribution in [0, 0.1) is 6.92 Å². The molecule has 0 saturated heterocycles. The number of imide groups is 1. The number of hydrogen-bond acceptors (Lipinski definition) is 7. The Morgan fingerprint density at radius 3 is 2.03 bits per heavy atom. The topological polar surface area (TPSA) is 138 Å². The van der Waals surface area contributed by atoms with E-state index in [0.29, 0.717) is 10.9 Å². The van der Waals surface area contributed by atoms with E-state index >= 15 is 0 Å². The molecule has 2 N–H and O–H groups in total. The van der Waals surface area contributed by atoms with Crippen LogP contribution < -0.4 is 5.73 Å². The van der Waals surface area contributed by atoms with Crippen molar-refractivity contribution in [2.24, 2.45) is 5.73 Å². The number of primary amides is 1. The average Bonchev–Trinajstić information content (AvgIpc) is 3.47. The summed E-state index contributed by atoms with van der Waals surface area (Å²) >= 11 is 0. The molecule has 39 heavy (non-hydrogen) atoms. The van der Waals surface area contributed by atoms with Crippen molar-refractivity contribution in [3.63, 3.8) is 0 Å². The quantitative estimate of drug-likeness (QED) is 0.264. The van der Waals surface area contributed by atoms with Crippen LogP contribution in [0.4, 0.5) is 0 Å². The number of carbonyl (C=O) groups excluding carboxylic acids is 3.